The van der Waals surface area contributed by atoms with Crippen LogP contribution in [-0.4, -0.2) is 36.1 Å². The molecular formula is C19H38N2. The smallest absolute Gasteiger partial charge is 0.0247 e. The highest BCUT2D eigenvalue weighted by molar-refractivity contribution is 4.95. The molecule has 2 heteroatoms. The molecule has 3 unspecified atom stereocenters. The predicted molar refractivity (Wildman–Crippen MR) is 92.6 cm³/mol. The zero-order valence-electron chi connectivity index (χ0n) is 15.3. The van der Waals surface area contributed by atoms with Gasteiger partial charge in [0.2, 0.25) is 0 Å². The zero-order chi connectivity index (χ0) is 15.6. The topological polar surface area (TPSA) is 15.3 Å². The van der Waals surface area contributed by atoms with E-state index in [0.717, 1.165) is 23.9 Å². The normalized spacial score (nSPS) is 33.3. The largest absolute Gasteiger partial charge is 0.311 e. The van der Waals surface area contributed by atoms with Crippen molar-refractivity contribution in [2.24, 2.45) is 17.3 Å². The lowest BCUT2D eigenvalue weighted by atomic mass is 9.74. The number of rotatable bonds is 4. The molecule has 0 aromatic heterocycles. The van der Waals surface area contributed by atoms with E-state index in [1.165, 1.54) is 45.2 Å². The Balaban J connectivity index is 2.04. The number of hydrogen-bond acceptors (Lipinski definition) is 2. The van der Waals surface area contributed by atoms with Gasteiger partial charge in [-0.05, 0) is 42.9 Å². The molecule has 2 rings (SSSR count). The molecule has 0 radical (unpaired) electrons. The van der Waals surface area contributed by atoms with Crippen molar-refractivity contribution in [2.45, 2.75) is 91.8 Å². The maximum atomic E-state index is 3.84. The molecule has 0 bridgehead atoms. The lowest BCUT2D eigenvalue weighted by Gasteiger charge is -2.50. The highest BCUT2D eigenvalue weighted by Gasteiger charge is 2.38. The fraction of sp³-hybridized carbons (Fsp3) is 1.00. The van der Waals surface area contributed by atoms with Gasteiger partial charge in [0.25, 0.3) is 0 Å². The van der Waals surface area contributed by atoms with Crippen LogP contribution in [0.25, 0.3) is 0 Å². The monoisotopic (exact) mass is 294 g/mol. The average Bonchev–Trinajstić information content (AvgIpc) is 2.45. The van der Waals surface area contributed by atoms with Gasteiger partial charge in [0.1, 0.15) is 0 Å². The summed E-state index contributed by atoms with van der Waals surface area (Å²) in [6.45, 7) is 16.9. The first-order valence-electron chi connectivity index (χ1n) is 9.33. The number of hydrogen-bond donors (Lipinski definition) is 1. The predicted octanol–water partition coefficient (Wildman–Crippen LogP) is 4.30. The van der Waals surface area contributed by atoms with Crippen molar-refractivity contribution in [1.82, 2.24) is 10.2 Å². The molecule has 1 saturated carbocycles. The van der Waals surface area contributed by atoms with Crippen LogP contribution in [0, 0.1) is 17.3 Å². The minimum atomic E-state index is 0.577. The molecule has 1 N–H and O–H groups in total. The quantitative estimate of drug-likeness (QED) is 0.831. The van der Waals surface area contributed by atoms with Gasteiger partial charge in [-0.3, -0.25) is 4.90 Å². The molecule has 2 aliphatic rings. The van der Waals surface area contributed by atoms with Crippen LogP contribution in [0.4, 0.5) is 0 Å². The Bertz CT molecular complexity index is 314. The Morgan fingerprint density at radius 2 is 1.76 bits per heavy atom. The van der Waals surface area contributed by atoms with Gasteiger partial charge in [0, 0.05) is 31.2 Å². The van der Waals surface area contributed by atoms with Crippen LogP contribution in [0.2, 0.25) is 0 Å². The summed E-state index contributed by atoms with van der Waals surface area (Å²) in [4.78, 5) is 2.90. The number of nitrogens with zero attached hydrogens (tertiary/aromatic N) is 1. The van der Waals surface area contributed by atoms with Gasteiger partial charge in [0.05, 0.1) is 0 Å². The highest BCUT2D eigenvalue weighted by Crippen LogP contribution is 2.38. The SMILES string of the molecule is CCC(C)C1CN(C2CCC(C)(C)CC2)C(C(C)C)CN1. The second-order valence-electron chi connectivity index (χ2n) is 8.80. The lowest BCUT2D eigenvalue weighted by Crippen LogP contribution is -2.63. The molecule has 1 aliphatic carbocycles. The van der Waals surface area contributed by atoms with E-state index < -0.39 is 0 Å². The minimum absolute atomic E-state index is 0.577. The first-order valence-corrected chi connectivity index (χ1v) is 9.33. The average molecular weight is 295 g/mol. The number of piperazine rings is 1. The van der Waals surface area contributed by atoms with Gasteiger partial charge in [-0.1, -0.05) is 48.0 Å². The van der Waals surface area contributed by atoms with Crippen molar-refractivity contribution < 1.29 is 0 Å². The summed E-state index contributed by atoms with van der Waals surface area (Å²) < 4.78 is 0. The van der Waals surface area contributed by atoms with E-state index >= 15 is 0 Å². The fourth-order valence-corrected chi connectivity index (χ4v) is 4.24. The summed E-state index contributed by atoms with van der Waals surface area (Å²) in [7, 11) is 0. The first kappa shape index (κ1) is 17.3. The third-order valence-electron chi connectivity index (χ3n) is 6.30. The Labute approximate surface area is 133 Å². The van der Waals surface area contributed by atoms with Gasteiger partial charge in [-0.15, -0.1) is 0 Å². The van der Waals surface area contributed by atoms with E-state index in [4.69, 9.17) is 0 Å². The molecule has 1 saturated heterocycles. The van der Waals surface area contributed by atoms with Gasteiger partial charge in [-0.2, -0.15) is 0 Å². The molecule has 0 aromatic carbocycles. The molecule has 124 valence electrons. The molecule has 0 amide bonds. The van der Waals surface area contributed by atoms with E-state index in [1.54, 1.807) is 0 Å². The molecule has 0 aromatic rings. The van der Waals surface area contributed by atoms with E-state index in [9.17, 15) is 0 Å². The van der Waals surface area contributed by atoms with Crippen LogP contribution in [0.5, 0.6) is 0 Å². The molecular weight excluding hydrogens is 256 g/mol. The van der Waals surface area contributed by atoms with E-state index in [0.29, 0.717) is 11.5 Å². The van der Waals surface area contributed by atoms with Gasteiger partial charge in [-0.25, -0.2) is 0 Å². The van der Waals surface area contributed by atoms with Crippen molar-refractivity contribution in [3.8, 4) is 0 Å². The van der Waals surface area contributed by atoms with Gasteiger partial charge in [0.15, 0.2) is 0 Å². The Hall–Kier alpha value is -0.0800. The highest BCUT2D eigenvalue weighted by atomic mass is 15.3. The van der Waals surface area contributed by atoms with Crippen LogP contribution >= 0.6 is 0 Å². The maximum Gasteiger partial charge on any atom is 0.0247 e. The van der Waals surface area contributed by atoms with E-state index in [1.807, 2.05) is 0 Å². The first-order chi connectivity index (χ1) is 9.84. The Morgan fingerprint density at radius 1 is 1.14 bits per heavy atom. The summed E-state index contributed by atoms with van der Waals surface area (Å²) >= 11 is 0. The van der Waals surface area contributed by atoms with Crippen LogP contribution in [-0.2, 0) is 0 Å². The van der Waals surface area contributed by atoms with E-state index in [2.05, 4.69) is 51.8 Å². The second-order valence-corrected chi connectivity index (χ2v) is 8.80. The van der Waals surface area contributed by atoms with Crippen molar-refractivity contribution in [3.63, 3.8) is 0 Å². The molecule has 2 fully saturated rings. The van der Waals surface area contributed by atoms with Gasteiger partial charge < -0.3 is 5.32 Å². The van der Waals surface area contributed by atoms with Crippen molar-refractivity contribution in [3.05, 3.63) is 0 Å². The Kier molecular flexibility index (Phi) is 5.76. The zero-order valence-corrected chi connectivity index (χ0v) is 15.3. The second kappa shape index (κ2) is 7.00. The summed E-state index contributed by atoms with van der Waals surface area (Å²) in [5.41, 5.74) is 0.577. The maximum absolute atomic E-state index is 3.84. The summed E-state index contributed by atoms with van der Waals surface area (Å²) in [5, 5.41) is 3.84. The van der Waals surface area contributed by atoms with Crippen LogP contribution in [0.15, 0.2) is 0 Å². The summed E-state index contributed by atoms with van der Waals surface area (Å²) in [6, 6.07) is 2.26. The molecule has 21 heavy (non-hydrogen) atoms. The van der Waals surface area contributed by atoms with Crippen molar-refractivity contribution in [1.29, 1.82) is 0 Å². The van der Waals surface area contributed by atoms with Gasteiger partial charge >= 0.3 is 0 Å². The summed E-state index contributed by atoms with van der Waals surface area (Å²) in [6.07, 6.45) is 6.91. The Morgan fingerprint density at radius 3 is 2.29 bits per heavy atom. The lowest BCUT2D eigenvalue weighted by molar-refractivity contribution is 0.0132. The molecule has 1 heterocycles. The standard InChI is InChI=1S/C19H38N2/c1-7-15(4)17-13-21(18(12-20-17)14(2)3)16-8-10-19(5,6)11-9-16/h14-18,20H,7-13H2,1-6H3. The molecule has 3 atom stereocenters. The molecule has 2 nitrogen and oxygen atoms in total. The van der Waals surface area contributed by atoms with Crippen LogP contribution in [0.1, 0.15) is 73.6 Å². The van der Waals surface area contributed by atoms with Crippen LogP contribution in [0.3, 0.4) is 0 Å². The molecule has 1 aliphatic heterocycles. The van der Waals surface area contributed by atoms with Crippen LogP contribution < -0.4 is 5.32 Å². The third-order valence-corrected chi connectivity index (χ3v) is 6.30. The third kappa shape index (κ3) is 4.22. The minimum Gasteiger partial charge on any atom is -0.311 e. The van der Waals surface area contributed by atoms with E-state index in [-0.39, 0.29) is 0 Å². The number of nitrogens with one attached hydrogen (secondary N) is 1. The van der Waals surface area contributed by atoms with Crippen molar-refractivity contribution >= 4 is 0 Å². The van der Waals surface area contributed by atoms with Crippen molar-refractivity contribution in [2.75, 3.05) is 13.1 Å². The summed E-state index contributed by atoms with van der Waals surface area (Å²) in [5.74, 6) is 1.55. The fourth-order valence-electron chi connectivity index (χ4n) is 4.24. The molecule has 0 spiro atoms.